The molecule has 0 bridgehead atoms. The van der Waals surface area contributed by atoms with Crippen molar-refractivity contribution in [2.45, 2.75) is 26.4 Å². The minimum Gasteiger partial charge on any atom is -0.407 e. The van der Waals surface area contributed by atoms with Gasteiger partial charge in [-0.05, 0) is 18.6 Å². The molecule has 0 aliphatic rings. The lowest BCUT2D eigenvalue weighted by atomic mass is 10.4. The van der Waals surface area contributed by atoms with E-state index in [1.807, 2.05) is 0 Å². The van der Waals surface area contributed by atoms with Crippen LogP contribution in [0.25, 0.3) is 0 Å². The van der Waals surface area contributed by atoms with Gasteiger partial charge in [0.2, 0.25) is 5.89 Å². The molecule has 0 aliphatic carbocycles. The van der Waals surface area contributed by atoms with Crippen LogP contribution in [0.2, 0.25) is 0 Å². The zero-order valence-corrected chi connectivity index (χ0v) is 9.88. The summed E-state index contributed by atoms with van der Waals surface area (Å²) in [6, 6.07) is 4.67. The summed E-state index contributed by atoms with van der Waals surface area (Å²) >= 11 is 1.79. The van der Waals surface area contributed by atoms with Crippen molar-refractivity contribution in [3.63, 3.8) is 0 Å². The number of aryl methyl sites for hydroxylation is 1. The predicted molar refractivity (Wildman–Crippen MR) is 63.2 cm³/mol. The Balaban J connectivity index is 1.91. The largest absolute Gasteiger partial charge is 0.407 e. The first-order valence-electron chi connectivity index (χ1n) is 5.15. The van der Waals surface area contributed by atoms with Crippen molar-refractivity contribution in [1.29, 1.82) is 0 Å². The van der Waals surface area contributed by atoms with Crippen LogP contribution in [-0.2, 0) is 19.5 Å². The number of hydrogen-bond acceptors (Lipinski definition) is 6. The van der Waals surface area contributed by atoms with E-state index < -0.39 is 0 Å². The summed E-state index contributed by atoms with van der Waals surface area (Å²) in [5.41, 5.74) is 5.37. The van der Waals surface area contributed by atoms with Gasteiger partial charge in [-0.1, -0.05) is 12.0 Å². The highest BCUT2D eigenvalue weighted by atomic mass is 32.1. The van der Waals surface area contributed by atoms with E-state index in [0.717, 1.165) is 6.42 Å². The molecule has 6 heteroatoms. The summed E-state index contributed by atoms with van der Waals surface area (Å²) in [7, 11) is 0. The van der Waals surface area contributed by atoms with E-state index in [1.54, 1.807) is 11.3 Å². The number of aromatic nitrogens is 2. The molecular formula is C10H14N4OS. The van der Waals surface area contributed by atoms with Crippen LogP contribution in [0.3, 0.4) is 0 Å². The van der Waals surface area contributed by atoms with E-state index in [-0.39, 0.29) is 6.54 Å². The molecule has 2 rings (SSSR count). The molecule has 86 valence electrons. The highest BCUT2D eigenvalue weighted by Crippen LogP contribution is 2.18. The SMILES string of the molecule is CCc1ccc(CNc2nnc(CN)o2)s1. The van der Waals surface area contributed by atoms with E-state index in [1.165, 1.54) is 9.75 Å². The number of thiophene rings is 1. The van der Waals surface area contributed by atoms with Crippen LogP contribution in [0.5, 0.6) is 0 Å². The predicted octanol–water partition coefficient (Wildman–Crippen LogP) is 1.76. The van der Waals surface area contributed by atoms with Gasteiger partial charge < -0.3 is 15.5 Å². The van der Waals surface area contributed by atoms with Crippen LogP contribution in [0.1, 0.15) is 22.6 Å². The molecule has 0 atom stereocenters. The Morgan fingerprint density at radius 3 is 2.81 bits per heavy atom. The second-order valence-corrected chi connectivity index (χ2v) is 4.53. The van der Waals surface area contributed by atoms with Crippen LogP contribution < -0.4 is 11.1 Å². The Kier molecular flexibility index (Phi) is 3.53. The van der Waals surface area contributed by atoms with Gasteiger partial charge in [-0.25, -0.2) is 0 Å². The van der Waals surface area contributed by atoms with Gasteiger partial charge in [0, 0.05) is 9.75 Å². The molecule has 2 aromatic rings. The molecule has 2 heterocycles. The van der Waals surface area contributed by atoms with Gasteiger partial charge in [-0.3, -0.25) is 0 Å². The zero-order valence-electron chi connectivity index (χ0n) is 9.06. The third-order valence-electron chi connectivity index (χ3n) is 2.12. The van der Waals surface area contributed by atoms with Gasteiger partial charge in [0.05, 0.1) is 13.1 Å². The first-order valence-corrected chi connectivity index (χ1v) is 5.97. The zero-order chi connectivity index (χ0) is 11.4. The van der Waals surface area contributed by atoms with Crippen LogP contribution in [0.15, 0.2) is 16.5 Å². The van der Waals surface area contributed by atoms with Crippen LogP contribution >= 0.6 is 11.3 Å². The summed E-state index contributed by atoms with van der Waals surface area (Å²) < 4.78 is 5.23. The quantitative estimate of drug-likeness (QED) is 0.830. The minimum atomic E-state index is 0.271. The van der Waals surface area contributed by atoms with Gasteiger partial charge in [0.15, 0.2) is 0 Å². The topological polar surface area (TPSA) is 77.0 Å². The van der Waals surface area contributed by atoms with Crippen molar-refractivity contribution in [1.82, 2.24) is 10.2 Å². The summed E-state index contributed by atoms with van der Waals surface area (Å²) in [5.74, 6) is 0.447. The Morgan fingerprint density at radius 1 is 1.38 bits per heavy atom. The fourth-order valence-corrected chi connectivity index (χ4v) is 2.18. The molecular weight excluding hydrogens is 224 g/mol. The van der Waals surface area contributed by atoms with Crippen molar-refractivity contribution >= 4 is 17.4 Å². The van der Waals surface area contributed by atoms with Gasteiger partial charge in [0.25, 0.3) is 0 Å². The fourth-order valence-electron chi connectivity index (χ4n) is 1.28. The average Bonchev–Trinajstić information content (AvgIpc) is 2.95. The number of anilines is 1. The molecule has 0 fully saturated rings. The molecule has 3 N–H and O–H groups in total. The van der Waals surface area contributed by atoms with E-state index in [4.69, 9.17) is 10.2 Å². The number of nitrogens with zero attached hydrogens (tertiary/aromatic N) is 2. The Morgan fingerprint density at radius 2 is 2.19 bits per heavy atom. The Labute approximate surface area is 97.7 Å². The molecule has 2 aromatic heterocycles. The summed E-state index contributed by atoms with van der Waals surface area (Å²) in [6.45, 7) is 3.12. The first kappa shape index (κ1) is 11.1. The van der Waals surface area contributed by atoms with Gasteiger partial charge in [-0.2, -0.15) is 0 Å². The van der Waals surface area contributed by atoms with E-state index in [2.05, 4.69) is 34.6 Å². The highest BCUT2D eigenvalue weighted by Gasteiger charge is 2.04. The van der Waals surface area contributed by atoms with E-state index in [0.29, 0.717) is 18.5 Å². The van der Waals surface area contributed by atoms with Crippen molar-refractivity contribution < 1.29 is 4.42 Å². The van der Waals surface area contributed by atoms with Gasteiger partial charge >= 0.3 is 6.01 Å². The van der Waals surface area contributed by atoms with E-state index >= 15 is 0 Å². The van der Waals surface area contributed by atoms with Crippen molar-refractivity contribution in [3.05, 3.63) is 27.8 Å². The summed E-state index contributed by atoms with van der Waals surface area (Å²) in [4.78, 5) is 2.63. The second-order valence-electron chi connectivity index (χ2n) is 3.28. The molecule has 0 spiro atoms. The summed E-state index contributed by atoms with van der Waals surface area (Å²) in [6.07, 6.45) is 1.07. The van der Waals surface area contributed by atoms with E-state index in [9.17, 15) is 0 Å². The van der Waals surface area contributed by atoms with Crippen molar-refractivity contribution in [3.8, 4) is 0 Å². The first-order chi connectivity index (χ1) is 7.81. The smallest absolute Gasteiger partial charge is 0.315 e. The molecule has 0 aliphatic heterocycles. The molecule has 0 aromatic carbocycles. The lowest BCUT2D eigenvalue weighted by molar-refractivity contribution is 0.507. The summed E-state index contributed by atoms with van der Waals surface area (Å²) in [5, 5.41) is 10.7. The Hall–Kier alpha value is -1.40. The maximum atomic E-state index is 5.37. The number of hydrogen-bond donors (Lipinski definition) is 2. The van der Waals surface area contributed by atoms with Gasteiger partial charge in [0.1, 0.15) is 0 Å². The van der Waals surface area contributed by atoms with Crippen LogP contribution in [-0.4, -0.2) is 10.2 Å². The van der Waals surface area contributed by atoms with Crippen molar-refractivity contribution in [2.75, 3.05) is 5.32 Å². The molecule has 0 radical (unpaired) electrons. The molecule has 5 nitrogen and oxygen atoms in total. The molecule has 0 saturated carbocycles. The maximum Gasteiger partial charge on any atom is 0.315 e. The van der Waals surface area contributed by atoms with Crippen LogP contribution in [0.4, 0.5) is 6.01 Å². The Bertz CT molecular complexity index is 409. The lowest BCUT2D eigenvalue weighted by Gasteiger charge is -1.97. The minimum absolute atomic E-state index is 0.271. The standard InChI is InChI=1S/C10H14N4OS/c1-2-7-3-4-8(16-7)6-12-10-14-13-9(5-11)15-10/h3-4H,2,5-6,11H2,1H3,(H,12,14). The van der Waals surface area contributed by atoms with Gasteiger partial charge in [-0.15, -0.1) is 16.4 Å². The third-order valence-corrected chi connectivity index (χ3v) is 3.35. The fraction of sp³-hybridized carbons (Fsp3) is 0.400. The maximum absolute atomic E-state index is 5.37. The molecule has 0 unspecified atom stereocenters. The molecule has 0 saturated heterocycles. The number of nitrogens with two attached hydrogens (primary N) is 1. The number of nitrogens with one attached hydrogen (secondary N) is 1. The average molecular weight is 238 g/mol. The lowest BCUT2D eigenvalue weighted by Crippen LogP contribution is -1.97. The highest BCUT2D eigenvalue weighted by molar-refractivity contribution is 7.12. The van der Waals surface area contributed by atoms with Crippen molar-refractivity contribution in [2.24, 2.45) is 5.73 Å². The number of rotatable bonds is 5. The normalized spacial score (nSPS) is 10.6. The monoisotopic (exact) mass is 238 g/mol. The van der Waals surface area contributed by atoms with Crippen LogP contribution in [0, 0.1) is 0 Å². The third kappa shape index (κ3) is 2.59. The second kappa shape index (κ2) is 5.09. The molecule has 16 heavy (non-hydrogen) atoms. The molecule has 0 amide bonds.